The molecule has 294 valence electrons. The van der Waals surface area contributed by atoms with Crippen molar-refractivity contribution in [2.45, 2.75) is 13.8 Å². The molecule has 8 aromatic rings. The van der Waals surface area contributed by atoms with E-state index in [1.807, 2.05) is 24.3 Å². The summed E-state index contributed by atoms with van der Waals surface area (Å²) in [5, 5.41) is 0. The molecule has 60 heavy (non-hydrogen) atoms. The average molecular weight is 781 g/mol. The fourth-order valence-electron chi connectivity index (χ4n) is 7.17. The molecule has 0 aliphatic heterocycles. The van der Waals surface area contributed by atoms with Crippen molar-refractivity contribution in [3.8, 4) is 22.6 Å². The zero-order valence-electron chi connectivity index (χ0n) is 34.5. The number of ether oxygens (including phenoxy) is 2. The predicted octanol–water partition coefficient (Wildman–Crippen LogP) is 15.3. The first-order chi connectivity index (χ1) is 29.4. The summed E-state index contributed by atoms with van der Waals surface area (Å²) in [6, 6.07) is 68.7. The molecule has 8 aromatic carbocycles. The molecule has 0 unspecified atom stereocenters. The van der Waals surface area contributed by atoms with Gasteiger partial charge in [0.1, 0.15) is 11.5 Å². The van der Waals surface area contributed by atoms with Crippen molar-refractivity contribution in [1.29, 1.82) is 0 Å². The Balaban J connectivity index is 1.03. The Bertz CT molecular complexity index is 2470. The zero-order valence-corrected chi connectivity index (χ0v) is 34.5. The summed E-state index contributed by atoms with van der Waals surface area (Å²) in [4.78, 5) is 4.62. The number of nitrogens with zero attached hydrogens (tertiary/aromatic N) is 2. The van der Waals surface area contributed by atoms with Crippen molar-refractivity contribution < 1.29 is 9.47 Å². The summed E-state index contributed by atoms with van der Waals surface area (Å²) in [5.74, 6) is 1.71. The second-order valence-corrected chi connectivity index (χ2v) is 14.8. The summed E-state index contributed by atoms with van der Waals surface area (Å²) in [6.07, 6.45) is 8.53. The Morgan fingerprint density at radius 3 is 0.750 bits per heavy atom. The molecule has 0 bridgehead atoms. The van der Waals surface area contributed by atoms with Gasteiger partial charge in [-0.1, -0.05) is 132 Å². The predicted molar refractivity (Wildman–Crippen MR) is 255 cm³/mol. The molecule has 0 N–H and O–H groups in total. The zero-order chi connectivity index (χ0) is 41.3. The first kappa shape index (κ1) is 39.3. The fourth-order valence-corrected chi connectivity index (χ4v) is 7.17. The normalized spacial score (nSPS) is 11.2. The molecule has 0 amide bonds. The minimum absolute atomic E-state index is 0.855. The molecule has 4 heteroatoms. The maximum atomic E-state index is 5.31. The van der Waals surface area contributed by atoms with Crippen LogP contribution in [0.1, 0.15) is 33.4 Å². The topological polar surface area (TPSA) is 24.9 Å². The molecular weight excluding hydrogens is 733 g/mol. The summed E-state index contributed by atoms with van der Waals surface area (Å²) < 4.78 is 10.6. The van der Waals surface area contributed by atoms with Crippen molar-refractivity contribution >= 4 is 58.4 Å². The van der Waals surface area contributed by atoms with E-state index in [-0.39, 0.29) is 0 Å². The van der Waals surface area contributed by atoms with Gasteiger partial charge in [-0.25, -0.2) is 0 Å². The Hall–Kier alpha value is -7.56. The summed E-state index contributed by atoms with van der Waals surface area (Å²) in [6.45, 7) is 4.25. The third kappa shape index (κ3) is 9.41. The molecule has 0 spiro atoms. The van der Waals surface area contributed by atoms with Gasteiger partial charge in [0.05, 0.1) is 14.2 Å². The van der Waals surface area contributed by atoms with E-state index in [1.165, 1.54) is 11.1 Å². The Kier molecular flexibility index (Phi) is 12.0. The Morgan fingerprint density at radius 1 is 0.283 bits per heavy atom. The van der Waals surface area contributed by atoms with Crippen LogP contribution in [0.25, 0.3) is 35.4 Å². The van der Waals surface area contributed by atoms with Crippen molar-refractivity contribution in [3.63, 3.8) is 0 Å². The van der Waals surface area contributed by atoms with Crippen LogP contribution in [-0.2, 0) is 0 Å². The van der Waals surface area contributed by atoms with Crippen LogP contribution in [0.3, 0.4) is 0 Å². The van der Waals surface area contributed by atoms with Gasteiger partial charge in [-0.05, 0) is 144 Å². The lowest BCUT2D eigenvalue weighted by atomic mass is 10.0. The fraction of sp³-hybridized carbons (Fsp3) is 0.0714. The van der Waals surface area contributed by atoms with E-state index in [0.29, 0.717) is 0 Å². The SMILES string of the molecule is COc1ccc(/C=C/c2ccc(N(c3ccc(C)cc3)c3ccc(-c4ccc(N(c5ccc(C)cc5)c5ccc(/C=C/c6ccc(OC)cc6)cc5)cc4)cc3)cc2)cc1. The van der Waals surface area contributed by atoms with Crippen LogP contribution in [0, 0.1) is 13.8 Å². The van der Waals surface area contributed by atoms with Gasteiger partial charge in [0.2, 0.25) is 0 Å². The van der Waals surface area contributed by atoms with E-state index in [4.69, 9.17) is 9.47 Å². The Morgan fingerprint density at radius 2 is 0.500 bits per heavy atom. The number of aryl methyl sites for hydroxylation is 2. The van der Waals surface area contributed by atoms with Crippen LogP contribution in [0.5, 0.6) is 11.5 Å². The Labute approximate surface area is 354 Å². The highest BCUT2D eigenvalue weighted by atomic mass is 16.5. The van der Waals surface area contributed by atoms with E-state index < -0.39 is 0 Å². The summed E-state index contributed by atoms with van der Waals surface area (Å²) in [5.41, 5.74) is 15.9. The van der Waals surface area contributed by atoms with Crippen molar-refractivity contribution in [2.75, 3.05) is 24.0 Å². The minimum Gasteiger partial charge on any atom is -0.497 e. The average Bonchev–Trinajstić information content (AvgIpc) is 3.31. The number of hydrogen-bond donors (Lipinski definition) is 0. The molecule has 0 aliphatic carbocycles. The maximum absolute atomic E-state index is 5.31. The van der Waals surface area contributed by atoms with Gasteiger partial charge in [-0.15, -0.1) is 0 Å². The molecule has 8 rings (SSSR count). The molecule has 0 atom stereocenters. The third-order valence-corrected chi connectivity index (χ3v) is 10.6. The molecule has 0 saturated heterocycles. The molecule has 4 nitrogen and oxygen atoms in total. The van der Waals surface area contributed by atoms with Gasteiger partial charge in [0, 0.05) is 34.1 Å². The second kappa shape index (κ2) is 18.4. The van der Waals surface area contributed by atoms with E-state index in [0.717, 1.165) is 79.0 Å². The molecule has 0 aliphatic rings. The monoisotopic (exact) mass is 780 g/mol. The second-order valence-electron chi connectivity index (χ2n) is 14.8. The quantitative estimate of drug-likeness (QED) is 0.109. The highest BCUT2D eigenvalue weighted by Crippen LogP contribution is 2.38. The van der Waals surface area contributed by atoms with Gasteiger partial charge in [-0.2, -0.15) is 0 Å². The van der Waals surface area contributed by atoms with E-state index in [1.54, 1.807) is 14.2 Å². The van der Waals surface area contributed by atoms with Crippen LogP contribution in [0.2, 0.25) is 0 Å². The number of methoxy groups -OCH3 is 2. The molecule has 0 heterocycles. The number of benzene rings is 8. The standard InChI is InChI=1S/C56H48N2O2/c1-41-5-25-49(26-6-41)57(51-29-13-43(14-30-51)9-11-45-17-37-55(59-3)38-18-45)53-33-21-47(22-34-53)48-23-35-54(36-24-48)58(50-27-7-42(2)8-28-50)52-31-15-44(16-32-52)10-12-46-19-39-56(60-4)40-20-46/h5-40H,1-4H3/b11-9+,12-10+. The number of hydrogen-bond acceptors (Lipinski definition) is 4. The van der Waals surface area contributed by atoms with Crippen LogP contribution in [0.15, 0.2) is 194 Å². The van der Waals surface area contributed by atoms with Crippen molar-refractivity contribution in [3.05, 3.63) is 228 Å². The van der Waals surface area contributed by atoms with E-state index in [2.05, 4.69) is 218 Å². The largest absolute Gasteiger partial charge is 0.497 e. The van der Waals surface area contributed by atoms with Crippen LogP contribution >= 0.6 is 0 Å². The lowest BCUT2D eigenvalue weighted by Crippen LogP contribution is -2.10. The number of anilines is 6. The van der Waals surface area contributed by atoms with Gasteiger partial charge < -0.3 is 19.3 Å². The van der Waals surface area contributed by atoms with Gasteiger partial charge in [-0.3, -0.25) is 0 Å². The van der Waals surface area contributed by atoms with Crippen LogP contribution < -0.4 is 19.3 Å². The summed E-state index contributed by atoms with van der Waals surface area (Å²) >= 11 is 0. The maximum Gasteiger partial charge on any atom is 0.118 e. The molecule has 0 fully saturated rings. The van der Waals surface area contributed by atoms with Crippen molar-refractivity contribution in [1.82, 2.24) is 0 Å². The highest BCUT2D eigenvalue weighted by Gasteiger charge is 2.15. The molecule has 0 aromatic heterocycles. The first-order valence-corrected chi connectivity index (χ1v) is 20.2. The van der Waals surface area contributed by atoms with Crippen LogP contribution in [0.4, 0.5) is 34.1 Å². The smallest absolute Gasteiger partial charge is 0.118 e. The van der Waals surface area contributed by atoms with Gasteiger partial charge >= 0.3 is 0 Å². The minimum atomic E-state index is 0.855. The van der Waals surface area contributed by atoms with Crippen molar-refractivity contribution in [2.24, 2.45) is 0 Å². The van der Waals surface area contributed by atoms with Crippen LogP contribution in [-0.4, -0.2) is 14.2 Å². The molecule has 0 saturated carbocycles. The number of rotatable bonds is 13. The first-order valence-electron chi connectivity index (χ1n) is 20.2. The lowest BCUT2D eigenvalue weighted by Gasteiger charge is -2.26. The van der Waals surface area contributed by atoms with E-state index >= 15 is 0 Å². The lowest BCUT2D eigenvalue weighted by molar-refractivity contribution is 0.414. The third-order valence-electron chi connectivity index (χ3n) is 10.6. The molecule has 0 radical (unpaired) electrons. The highest BCUT2D eigenvalue weighted by molar-refractivity contribution is 5.82. The summed E-state index contributed by atoms with van der Waals surface area (Å²) in [7, 11) is 3.37. The molecular formula is C56H48N2O2. The van der Waals surface area contributed by atoms with Gasteiger partial charge in [0.15, 0.2) is 0 Å². The van der Waals surface area contributed by atoms with Gasteiger partial charge in [0.25, 0.3) is 0 Å². The van der Waals surface area contributed by atoms with E-state index in [9.17, 15) is 0 Å².